The van der Waals surface area contributed by atoms with Crippen molar-refractivity contribution < 1.29 is 9.59 Å². The summed E-state index contributed by atoms with van der Waals surface area (Å²) in [4.78, 5) is 26.0. The maximum Gasteiger partial charge on any atom is 0.254 e. The van der Waals surface area contributed by atoms with E-state index in [0.29, 0.717) is 17.7 Å². The van der Waals surface area contributed by atoms with E-state index in [-0.39, 0.29) is 11.9 Å². The highest BCUT2D eigenvalue weighted by molar-refractivity contribution is 5.97. The number of piperidine rings is 1. The van der Waals surface area contributed by atoms with Crippen LogP contribution in [0.2, 0.25) is 0 Å². The number of hydrogen-bond acceptors (Lipinski definition) is 3. The molecule has 1 aromatic carbocycles. The van der Waals surface area contributed by atoms with Crippen molar-refractivity contribution in [2.24, 2.45) is 5.73 Å². The van der Waals surface area contributed by atoms with Gasteiger partial charge in [-0.2, -0.15) is 5.10 Å². The monoisotopic (exact) mass is 326 g/mol. The first-order valence-electron chi connectivity index (χ1n) is 8.24. The van der Waals surface area contributed by atoms with Crippen molar-refractivity contribution in [3.05, 3.63) is 53.3 Å². The third-order valence-electron chi connectivity index (χ3n) is 4.46. The van der Waals surface area contributed by atoms with Crippen molar-refractivity contribution in [1.82, 2.24) is 14.7 Å². The van der Waals surface area contributed by atoms with Gasteiger partial charge in [-0.3, -0.25) is 14.3 Å². The molecule has 0 bridgehead atoms. The van der Waals surface area contributed by atoms with Crippen LogP contribution in [0.5, 0.6) is 0 Å². The largest absolute Gasteiger partial charge is 0.366 e. The smallest absolute Gasteiger partial charge is 0.254 e. The molecule has 1 aromatic heterocycles. The van der Waals surface area contributed by atoms with Gasteiger partial charge in [-0.1, -0.05) is 0 Å². The molecule has 126 valence electrons. The molecule has 2 heterocycles. The zero-order valence-electron chi connectivity index (χ0n) is 13.8. The quantitative estimate of drug-likeness (QED) is 0.933. The van der Waals surface area contributed by atoms with Crippen LogP contribution >= 0.6 is 0 Å². The Hall–Kier alpha value is -2.63. The molecule has 1 saturated heterocycles. The van der Waals surface area contributed by atoms with Gasteiger partial charge in [-0.05, 0) is 56.0 Å². The number of likely N-dealkylation sites (tertiary alicyclic amines) is 1. The van der Waals surface area contributed by atoms with Gasteiger partial charge < -0.3 is 10.6 Å². The van der Waals surface area contributed by atoms with E-state index in [1.54, 1.807) is 24.3 Å². The molecule has 0 saturated carbocycles. The van der Waals surface area contributed by atoms with Crippen LogP contribution < -0.4 is 5.73 Å². The standard InChI is InChI=1S/C18H22N4O2/c1-13-10-20-21(11-13)12-16-4-2-3-9-22(16)18(24)15-7-5-14(6-8-15)17(19)23/h5-8,10-11,16H,2-4,9,12H2,1H3,(H2,19,23)/t16-/m0/s1. The SMILES string of the molecule is Cc1cnn(C[C@@H]2CCCCN2C(=O)c2ccc(C(N)=O)cc2)c1. The minimum atomic E-state index is -0.487. The first-order valence-corrected chi connectivity index (χ1v) is 8.24. The fourth-order valence-corrected chi connectivity index (χ4v) is 3.18. The Bertz CT molecular complexity index is 736. The van der Waals surface area contributed by atoms with E-state index < -0.39 is 5.91 Å². The second-order valence-electron chi connectivity index (χ2n) is 6.33. The molecular weight excluding hydrogens is 304 g/mol. The Balaban J connectivity index is 1.76. The maximum atomic E-state index is 12.9. The van der Waals surface area contributed by atoms with Gasteiger partial charge in [0.1, 0.15) is 0 Å². The molecule has 2 aromatic rings. The lowest BCUT2D eigenvalue weighted by Gasteiger charge is -2.35. The first-order chi connectivity index (χ1) is 11.5. The normalized spacial score (nSPS) is 17.7. The average Bonchev–Trinajstić information content (AvgIpc) is 3.00. The van der Waals surface area contributed by atoms with Crippen LogP contribution in [0.3, 0.4) is 0 Å². The number of carbonyl (C=O) groups excluding carboxylic acids is 2. The molecule has 0 radical (unpaired) electrons. The summed E-state index contributed by atoms with van der Waals surface area (Å²) in [5, 5.41) is 4.33. The summed E-state index contributed by atoms with van der Waals surface area (Å²) in [7, 11) is 0. The molecule has 1 aliphatic heterocycles. The second-order valence-corrected chi connectivity index (χ2v) is 6.33. The van der Waals surface area contributed by atoms with E-state index in [2.05, 4.69) is 5.10 Å². The van der Waals surface area contributed by atoms with Gasteiger partial charge in [-0.15, -0.1) is 0 Å². The highest BCUT2D eigenvalue weighted by Gasteiger charge is 2.28. The second kappa shape index (κ2) is 6.86. The number of nitrogens with two attached hydrogens (primary N) is 1. The lowest BCUT2D eigenvalue weighted by atomic mass is 10.0. The number of nitrogens with zero attached hydrogens (tertiary/aromatic N) is 3. The molecule has 0 aliphatic carbocycles. The van der Waals surface area contributed by atoms with E-state index in [4.69, 9.17) is 5.73 Å². The summed E-state index contributed by atoms with van der Waals surface area (Å²) >= 11 is 0. The molecule has 2 N–H and O–H groups in total. The zero-order valence-corrected chi connectivity index (χ0v) is 13.8. The Morgan fingerprint density at radius 3 is 2.54 bits per heavy atom. The fraction of sp³-hybridized carbons (Fsp3) is 0.389. The van der Waals surface area contributed by atoms with Crippen molar-refractivity contribution in [2.75, 3.05) is 6.54 Å². The predicted molar refractivity (Wildman–Crippen MR) is 90.6 cm³/mol. The van der Waals surface area contributed by atoms with Crippen LogP contribution in [-0.2, 0) is 6.54 Å². The Morgan fingerprint density at radius 1 is 1.21 bits per heavy atom. The Morgan fingerprint density at radius 2 is 1.92 bits per heavy atom. The molecule has 3 rings (SSSR count). The molecule has 6 nitrogen and oxygen atoms in total. The van der Waals surface area contributed by atoms with Crippen molar-refractivity contribution in [1.29, 1.82) is 0 Å². The summed E-state index contributed by atoms with van der Waals surface area (Å²) in [5.41, 5.74) is 7.36. The average molecular weight is 326 g/mol. The van der Waals surface area contributed by atoms with Crippen LogP contribution in [0.1, 0.15) is 45.5 Å². The molecule has 6 heteroatoms. The Kier molecular flexibility index (Phi) is 4.64. The summed E-state index contributed by atoms with van der Waals surface area (Å²) in [6.45, 7) is 3.47. The molecule has 0 spiro atoms. The number of amides is 2. The van der Waals surface area contributed by atoms with Gasteiger partial charge in [0.2, 0.25) is 5.91 Å². The lowest BCUT2D eigenvalue weighted by Crippen LogP contribution is -2.45. The number of hydrogen-bond donors (Lipinski definition) is 1. The van der Waals surface area contributed by atoms with Gasteiger partial charge >= 0.3 is 0 Å². The number of primary amides is 1. The van der Waals surface area contributed by atoms with Gasteiger partial charge in [-0.25, -0.2) is 0 Å². The third-order valence-corrected chi connectivity index (χ3v) is 4.46. The molecule has 2 amide bonds. The van der Waals surface area contributed by atoms with Crippen LogP contribution in [0.15, 0.2) is 36.7 Å². The van der Waals surface area contributed by atoms with Gasteiger partial charge in [0.15, 0.2) is 0 Å². The van der Waals surface area contributed by atoms with Crippen molar-refractivity contribution in [2.45, 2.75) is 38.8 Å². The number of benzene rings is 1. The third kappa shape index (κ3) is 3.48. The molecule has 1 fully saturated rings. The van der Waals surface area contributed by atoms with Crippen molar-refractivity contribution >= 4 is 11.8 Å². The molecule has 0 unspecified atom stereocenters. The predicted octanol–water partition coefficient (Wildman–Crippen LogP) is 1.99. The van der Waals surface area contributed by atoms with E-state index in [9.17, 15) is 9.59 Å². The number of aryl methyl sites for hydroxylation is 1. The highest BCUT2D eigenvalue weighted by atomic mass is 16.2. The summed E-state index contributed by atoms with van der Waals surface area (Å²) in [6.07, 6.45) is 6.94. The van der Waals surface area contributed by atoms with E-state index in [1.165, 1.54) is 0 Å². The van der Waals surface area contributed by atoms with Crippen LogP contribution in [0.4, 0.5) is 0 Å². The molecular formula is C18H22N4O2. The topological polar surface area (TPSA) is 81.2 Å². The van der Waals surface area contributed by atoms with E-state index in [0.717, 1.165) is 31.4 Å². The zero-order chi connectivity index (χ0) is 17.1. The van der Waals surface area contributed by atoms with Crippen LogP contribution in [-0.4, -0.2) is 39.1 Å². The summed E-state index contributed by atoms with van der Waals surface area (Å²) in [6, 6.07) is 6.69. The molecule has 24 heavy (non-hydrogen) atoms. The van der Waals surface area contributed by atoms with Gasteiger partial charge in [0.05, 0.1) is 18.8 Å². The number of rotatable bonds is 4. The van der Waals surface area contributed by atoms with Crippen molar-refractivity contribution in [3.8, 4) is 0 Å². The number of aromatic nitrogens is 2. The van der Waals surface area contributed by atoms with Crippen LogP contribution in [0.25, 0.3) is 0 Å². The highest BCUT2D eigenvalue weighted by Crippen LogP contribution is 2.21. The van der Waals surface area contributed by atoms with Crippen molar-refractivity contribution in [3.63, 3.8) is 0 Å². The maximum absolute atomic E-state index is 12.9. The Labute approximate surface area is 141 Å². The first kappa shape index (κ1) is 16.2. The fourth-order valence-electron chi connectivity index (χ4n) is 3.18. The summed E-state index contributed by atoms with van der Waals surface area (Å²) < 4.78 is 1.90. The minimum Gasteiger partial charge on any atom is -0.366 e. The van der Waals surface area contributed by atoms with E-state index >= 15 is 0 Å². The lowest BCUT2D eigenvalue weighted by molar-refractivity contribution is 0.0583. The van der Waals surface area contributed by atoms with Crippen LogP contribution in [0, 0.1) is 6.92 Å². The van der Waals surface area contributed by atoms with Gasteiger partial charge in [0.25, 0.3) is 5.91 Å². The number of carbonyl (C=O) groups is 2. The van der Waals surface area contributed by atoms with E-state index in [1.807, 2.05) is 28.9 Å². The molecule has 1 atom stereocenters. The summed E-state index contributed by atoms with van der Waals surface area (Å²) in [5.74, 6) is -0.488. The van der Waals surface area contributed by atoms with Gasteiger partial charge in [0, 0.05) is 23.9 Å². The molecule has 1 aliphatic rings. The minimum absolute atomic E-state index is 0.000372.